The van der Waals surface area contributed by atoms with Crippen LogP contribution in [0.15, 0.2) is 93.8 Å². The van der Waals surface area contributed by atoms with E-state index in [-0.39, 0.29) is 0 Å². The third-order valence-electron chi connectivity index (χ3n) is 8.10. The Labute approximate surface area is 288 Å². The van der Waals surface area contributed by atoms with Crippen molar-refractivity contribution in [3.05, 3.63) is 90.0 Å². The van der Waals surface area contributed by atoms with Gasteiger partial charge in [-0.25, -0.2) is 9.97 Å². The summed E-state index contributed by atoms with van der Waals surface area (Å²) in [6.45, 7) is 7.86. The van der Waals surface area contributed by atoms with Gasteiger partial charge >= 0.3 is 0 Å². The Morgan fingerprint density at radius 3 is 1.62 bits per heavy atom. The molecule has 8 heteroatoms. The number of rotatable bonds is 19. The molecule has 0 saturated heterocycles. The molecular formula is C40H52N8. The highest BCUT2D eigenvalue weighted by molar-refractivity contribution is 5.88. The first-order chi connectivity index (χ1) is 23.4. The van der Waals surface area contributed by atoms with Crippen LogP contribution in [0.2, 0.25) is 0 Å². The van der Waals surface area contributed by atoms with Gasteiger partial charge in [-0.2, -0.15) is 0 Å². The Balaban J connectivity index is 1.56. The normalized spacial score (nSPS) is 11.7. The zero-order valence-electron chi connectivity index (χ0n) is 29.5. The molecule has 8 nitrogen and oxygen atoms in total. The molecule has 0 saturated carbocycles. The second-order valence-electron chi connectivity index (χ2n) is 12.7. The van der Waals surface area contributed by atoms with Crippen LogP contribution in [-0.2, 0) is 0 Å². The summed E-state index contributed by atoms with van der Waals surface area (Å²) in [5.74, 6) is 1.32. The SMILES string of the molecule is C=Nc1c(-c2ccc(/C=N\CCCCCN(C)C)cc2)nc(-c2ccc(/C=N/CCCCCN(C)C)cc2)nc1N(C)c1ccccc1. The number of aliphatic imine (C=N–C) groups is 3. The topological polar surface area (TPSA) is 72.6 Å². The van der Waals surface area contributed by atoms with Crippen molar-refractivity contribution in [2.45, 2.75) is 38.5 Å². The van der Waals surface area contributed by atoms with Crippen molar-refractivity contribution in [1.29, 1.82) is 0 Å². The smallest absolute Gasteiger partial charge is 0.163 e. The average molecular weight is 645 g/mol. The summed E-state index contributed by atoms with van der Waals surface area (Å²) in [7, 11) is 10.5. The first-order valence-electron chi connectivity index (χ1n) is 17.0. The lowest BCUT2D eigenvalue weighted by Crippen LogP contribution is -2.13. The fourth-order valence-corrected chi connectivity index (χ4v) is 5.33. The minimum atomic E-state index is 0.625. The lowest BCUT2D eigenvalue weighted by molar-refractivity contribution is 0.392. The Hall–Kier alpha value is -4.53. The van der Waals surface area contributed by atoms with Crippen LogP contribution < -0.4 is 4.90 Å². The van der Waals surface area contributed by atoms with Crippen LogP contribution in [-0.4, -0.2) is 100 Å². The van der Waals surface area contributed by atoms with E-state index in [2.05, 4.69) is 120 Å². The fourth-order valence-electron chi connectivity index (χ4n) is 5.33. The number of anilines is 2. The van der Waals surface area contributed by atoms with E-state index in [9.17, 15) is 0 Å². The second kappa shape index (κ2) is 19.3. The Bertz CT molecular complexity index is 1590. The van der Waals surface area contributed by atoms with Gasteiger partial charge in [-0.15, -0.1) is 0 Å². The van der Waals surface area contributed by atoms with E-state index < -0.39 is 0 Å². The van der Waals surface area contributed by atoms with E-state index in [1.165, 1.54) is 25.7 Å². The molecule has 48 heavy (non-hydrogen) atoms. The largest absolute Gasteiger partial charge is 0.328 e. The van der Waals surface area contributed by atoms with E-state index in [0.717, 1.165) is 72.7 Å². The van der Waals surface area contributed by atoms with Gasteiger partial charge in [0.1, 0.15) is 11.4 Å². The summed E-state index contributed by atoms with van der Waals surface area (Å²) in [6, 6.07) is 26.7. The van der Waals surface area contributed by atoms with Crippen LogP contribution in [0, 0.1) is 0 Å². The number of nitrogens with zero attached hydrogens (tertiary/aromatic N) is 8. The van der Waals surface area contributed by atoms with Gasteiger partial charge in [0.05, 0.1) is 0 Å². The van der Waals surface area contributed by atoms with Crippen LogP contribution in [0.25, 0.3) is 22.6 Å². The highest BCUT2D eigenvalue weighted by Crippen LogP contribution is 2.39. The van der Waals surface area contributed by atoms with E-state index in [0.29, 0.717) is 17.3 Å². The number of aromatic nitrogens is 2. The minimum Gasteiger partial charge on any atom is -0.328 e. The van der Waals surface area contributed by atoms with Crippen molar-refractivity contribution in [2.75, 3.05) is 66.3 Å². The molecule has 0 amide bonds. The maximum absolute atomic E-state index is 5.07. The minimum absolute atomic E-state index is 0.625. The highest BCUT2D eigenvalue weighted by Gasteiger charge is 2.20. The molecule has 0 unspecified atom stereocenters. The third kappa shape index (κ3) is 11.3. The van der Waals surface area contributed by atoms with Gasteiger partial charge in [0.2, 0.25) is 0 Å². The Morgan fingerprint density at radius 2 is 1.12 bits per heavy atom. The van der Waals surface area contributed by atoms with Gasteiger partial charge in [0.25, 0.3) is 0 Å². The third-order valence-corrected chi connectivity index (χ3v) is 8.10. The van der Waals surface area contributed by atoms with Gasteiger partial charge in [0.15, 0.2) is 11.6 Å². The lowest BCUT2D eigenvalue weighted by Gasteiger charge is -2.22. The van der Waals surface area contributed by atoms with Crippen molar-refractivity contribution in [2.24, 2.45) is 15.0 Å². The maximum atomic E-state index is 5.07. The molecule has 1 heterocycles. The van der Waals surface area contributed by atoms with Crippen LogP contribution >= 0.6 is 0 Å². The van der Waals surface area contributed by atoms with Crippen molar-refractivity contribution < 1.29 is 0 Å². The first-order valence-corrected chi connectivity index (χ1v) is 17.0. The second-order valence-corrected chi connectivity index (χ2v) is 12.7. The van der Waals surface area contributed by atoms with Crippen molar-refractivity contribution >= 4 is 36.3 Å². The van der Waals surface area contributed by atoms with Crippen LogP contribution in [0.5, 0.6) is 0 Å². The van der Waals surface area contributed by atoms with Crippen molar-refractivity contribution in [1.82, 2.24) is 19.8 Å². The first kappa shape index (κ1) is 36.3. The number of hydrogen-bond acceptors (Lipinski definition) is 8. The van der Waals surface area contributed by atoms with Gasteiger partial charge in [-0.1, -0.05) is 79.6 Å². The van der Waals surface area contributed by atoms with Crippen LogP contribution in [0.1, 0.15) is 49.7 Å². The number of hydrogen-bond donors (Lipinski definition) is 0. The Morgan fingerprint density at radius 1 is 0.604 bits per heavy atom. The molecule has 0 aliphatic carbocycles. The molecular weight excluding hydrogens is 592 g/mol. The molecule has 4 rings (SSSR count). The van der Waals surface area contributed by atoms with Gasteiger partial charge in [-0.05, 0) is 96.9 Å². The molecule has 0 N–H and O–H groups in total. The van der Waals surface area contributed by atoms with Crippen LogP contribution in [0.3, 0.4) is 0 Å². The van der Waals surface area contributed by atoms with E-state index in [1.54, 1.807) is 0 Å². The average Bonchev–Trinajstić information content (AvgIpc) is 3.10. The summed E-state index contributed by atoms with van der Waals surface area (Å²) in [5, 5.41) is 0. The zero-order chi connectivity index (χ0) is 34.1. The zero-order valence-corrected chi connectivity index (χ0v) is 29.5. The maximum Gasteiger partial charge on any atom is 0.163 e. The molecule has 252 valence electrons. The standard InChI is InChI=1S/C40H52N8/c1-41-38-37(34-22-18-32(19-23-34)30-42-26-12-8-14-28-46(2)3)44-39(45-40(38)48(6)36-16-10-7-11-17-36)35-24-20-33(21-25-35)31-43-27-13-9-15-29-47(4)5/h7,10-11,16-25,30-31H,1,8-9,12-15,26-29H2,2-6H3/b42-30-,43-31+. The summed E-state index contributed by atoms with van der Waals surface area (Å²) in [5.41, 5.74) is 6.35. The summed E-state index contributed by atoms with van der Waals surface area (Å²) < 4.78 is 0. The monoisotopic (exact) mass is 644 g/mol. The fraction of sp³-hybridized carbons (Fsp3) is 0.375. The summed E-state index contributed by atoms with van der Waals surface area (Å²) in [6.07, 6.45) is 10.9. The van der Waals surface area contributed by atoms with Crippen LogP contribution in [0.4, 0.5) is 17.2 Å². The number of unbranched alkanes of at least 4 members (excludes halogenated alkanes) is 4. The lowest BCUT2D eigenvalue weighted by atomic mass is 10.1. The molecule has 0 bridgehead atoms. The molecule has 0 aliphatic rings. The van der Waals surface area contributed by atoms with E-state index in [1.807, 2.05) is 42.6 Å². The van der Waals surface area contributed by atoms with Gasteiger partial charge < -0.3 is 14.7 Å². The van der Waals surface area contributed by atoms with Gasteiger partial charge in [-0.3, -0.25) is 15.0 Å². The van der Waals surface area contributed by atoms with Gasteiger partial charge in [0, 0.05) is 49.4 Å². The predicted octanol–water partition coefficient (Wildman–Crippen LogP) is 8.21. The number of benzene rings is 3. The number of para-hydroxylation sites is 1. The molecule has 0 atom stereocenters. The highest BCUT2D eigenvalue weighted by atomic mass is 15.2. The van der Waals surface area contributed by atoms with E-state index >= 15 is 0 Å². The quantitative estimate of drug-likeness (QED) is 0.0760. The molecule has 0 fully saturated rings. The Kier molecular flexibility index (Phi) is 14.6. The summed E-state index contributed by atoms with van der Waals surface area (Å²) >= 11 is 0. The summed E-state index contributed by atoms with van der Waals surface area (Å²) in [4.78, 5) is 30.4. The molecule has 0 radical (unpaired) electrons. The molecule has 0 spiro atoms. The van der Waals surface area contributed by atoms with E-state index in [4.69, 9.17) is 9.97 Å². The van der Waals surface area contributed by atoms with Crippen molar-refractivity contribution in [3.63, 3.8) is 0 Å². The molecule has 3 aromatic carbocycles. The molecule has 1 aromatic heterocycles. The van der Waals surface area contributed by atoms with Crippen molar-refractivity contribution in [3.8, 4) is 22.6 Å². The predicted molar refractivity (Wildman–Crippen MR) is 206 cm³/mol. The molecule has 0 aliphatic heterocycles. The molecule has 4 aromatic rings.